The highest BCUT2D eigenvalue weighted by Gasteiger charge is 2.54. The van der Waals surface area contributed by atoms with Crippen molar-refractivity contribution in [2.75, 3.05) is 26.4 Å². The summed E-state index contributed by atoms with van der Waals surface area (Å²) in [4.78, 5) is 13.5. The van der Waals surface area contributed by atoms with Crippen LogP contribution in [-0.4, -0.2) is 193 Å². The topological polar surface area (TPSA) is 307 Å². The summed E-state index contributed by atoms with van der Waals surface area (Å²) >= 11 is 0. The summed E-state index contributed by atoms with van der Waals surface area (Å²) in [5, 5.41) is 121. The van der Waals surface area contributed by atoms with Gasteiger partial charge in [-0.1, -0.05) is 289 Å². The van der Waals surface area contributed by atoms with Gasteiger partial charge in [-0.2, -0.15) is 0 Å². The average molecular weight is 1480 g/mol. The monoisotopic (exact) mass is 1480 g/mol. The third-order valence-electron chi connectivity index (χ3n) is 19.4. The Hall–Kier alpha value is -4.07. The lowest BCUT2D eigenvalue weighted by Crippen LogP contribution is -2.66. The van der Waals surface area contributed by atoms with E-state index in [9.17, 15) is 61.0 Å². The summed E-state index contributed by atoms with van der Waals surface area (Å²) in [5.41, 5.74) is 0. The lowest BCUT2D eigenvalue weighted by atomic mass is 9.96. The van der Waals surface area contributed by atoms with Gasteiger partial charge >= 0.3 is 0 Å². The molecule has 17 atom stereocenters. The Bertz CT molecular complexity index is 2420. The fourth-order valence-corrected chi connectivity index (χ4v) is 12.9. The molecule has 0 aromatic heterocycles. The van der Waals surface area contributed by atoms with E-state index in [1.165, 1.54) is 128 Å². The Morgan fingerprint density at radius 2 is 0.667 bits per heavy atom. The minimum Gasteiger partial charge on any atom is -0.394 e. The van der Waals surface area contributed by atoms with Crippen LogP contribution in [0.25, 0.3) is 0 Å². The van der Waals surface area contributed by atoms with Crippen molar-refractivity contribution >= 4 is 5.91 Å². The van der Waals surface area contributed by atoms with E-state index >= 15 is 0 Å². The number of allylic oxidation sites excluding steroid dienone is 21. The smallest absolute Gasteiger partial charge is 0.220 e. The highest BCUT2D eigenvalue weighted by molar-refractivity contribution is 5.76. The highest BCUT2D eigenvalue weighted by Crippen LogP contribution is 2.33. The molecule has 19 heteroatoms. The molecule has 105 heavy (non-hydrogen) atoms. The fourth-order valence-electron chi connectivity index (χ4n) is 12.9. The molecule has 0 aliphatic carbocycles. The number of aliphatic hydroxyl groups is 11. The van der Waals surface area contributed by atoms with Crippen LogP contribution in [0, 0.1) is 0 Å². The first-order valence-corrected chi connectivity index (χ1v) is 40.9. The van der Waals surface area contributed by atoms with Crippen molar-refractivity contribution in [2.45, 2.75) is 375 Å². The summed E-state index contributed by atoms with van der Waals surface area (Å²) in [7, 11) is 0. The summed E-state index contributed by atoms with van der Waals surface area (Å²) in [5.74, 6) is -0.295. The van der Waals surface area contributed by atoms with E-state index in [1.54, 1.807) is 6.08 Å². The summed E-state index contributed by atoms with van der Waals surface area (Å²) in [6.45, 7) is 1.60. The maximum absolute atomic E-state index is 13.5. The van der Waals surface area contributed by atoms with Crippen LogP contribution in [0.1, 0.15) is 271 Å². The second kappa shape index (κ2) is 64.7. The van der Waals surface area contributed by atoms with Gasteiger partial charge in [-0.05, 0) is 109 Å². The quantitative estimate of drug-likeness (QED) is 0.0199. The zero-order valence-electron chi connectivity index (χ0n) is 64.4. The number of hydrogen-bond donors (Lipinski definition) is 12. The molecular weight excluding hydrogens is 1330 g/mol. The minimum absolute atomic E-state index is 0.222. The number of rotatable bonds is 63. The summed E-state index contributed by atoms with van der Waals surface area (Å²) in [6, 6.07) is -1.01. The lowest BCUT2D eigenvalue weighted by Gasteiger charge is -2.48. The van der Waals surface area contributed by atoms with Crippen LogP contribution in [-0.2, 0) is 33.2 Å². The third kappa shape index (κ3) is 44.4. The molecule has 0 bridgehead atoms. The van der Waals surface area contributed by atoms with Gasteiger partial charge in [-0.15, -0.1) is 0 Å². The number of nitrogens with one attached hydrogen (secondary N) is 1. The Labute approximate surface area is 632 Å². The maximum atomic E-state index is 13.5. The molecule has 0 aromatic carbocycles. The molecule has 17 unspecified atom stereocenters. The minimum atomic E-state index is -1.99. The molecule has 3 saturated heterocycles. The van der Waals surface area contributed by atoms with Crippen LogP contribution in [0.3, 0.4) is 0 Å². The molecule has 3 aliphatic heterocycles. The largest absolute Gasteiger partial charge is 0.394 e. The van der Waals surface area contributed by atoms with E-state index in [0.29, 0.717) is 12.8 Å². The van der Waals surface area contributed by atoms with Gasteiger partial charge in [0.15, 0.2) is 18.9 Å². The van der Waals surface area contributed by atoms with Crippen molar-refractivity contribution in [2.24, 2.45) is 0 Å². The van der Waals surface area contributed by atoms with E-state index in [4.69, 9.17) is 28.4 Å². The van der Waals surface area contributed by atoms with Crippen molar-refractivity contribution in [3.05, 3.63) is 134 Å². The second-order valence-corrected chi connectivity index (χ2v) is 28.5. The van der Waals surface area contributed by atoms with Crippen LogP contribution in [0.15, 0.2) is 134 Å². The summed E-state index contributed by atoms with van der Waals surface area (Å²) in [6.07, 6.45) is 65.7. The van der Waals surface area contributed by atoms with Crippen LogP contribution in [0.4, 0.5) is 0 Å². The number of aliphatic hydroxyl groups excluding tert-OH is 11. The molecule has 3 fully saturated rings. The number of unbranched alkanes of at least 4 members (excludes halogenated alkanes) is 27. The molecule has 3 heterocycles. The van der Waals surface area contributed by atoms with E-state index < -0.39 is 124 Å². The Kier molecular flexibility index (Phi) is 58.6. The molecule has 0 spiro atoms. The van der Waals surface area contributed by atoms with Crippen LogP contribution >= 0.6 is 0 Å². The number of ether oxygens (including phenoxy) is 6. The molecule has 19 nitrogen and oxygen atoms in total. The predicted octanol–water partition coefficient (Wildman–Crippen LogP) is 14.1. The molecule has 0 radical (unpaired) electrons. The number of carbonyl (C=O) groups is 1. The molecule has 3 rings (SSSR count). The highest BCUT2D eigenvalue weighted by atomic mass is 16.8. The standard InChI is InChI=1S/C86H145NO18/c1-3-5-7-9-11-13-15-17-19-21-23-25-27-28-29-30-31-32-33-34-35-36-37-38-39-40-42-44-46-48-50-52-54-56-58-60-62-64-74(92)87-69(70(91)63-61-59-57-55-53-51-49-47-45-43-41-26-24-22-20-18-16-14-12-10-8-6-4-2)68-100-84-80(98)77(95)82(72(66-89)102-84)105-86-81(99)78(96)83(73(67-90)103-86)104-85-79(97)76(94)75(93)71(65-88)101-85/h5,7,11,13,17,19,23,25,28-29,31-32,34-35,37-38,45,47,53,55,61,63,69-73,75-86,88-91,93-99H,3-4,6,8-10,12,14-16,18,20-22,24,26-27,30,33,36,39-44,46,48-52,54,56-60,62,64-68H2,1-2H3,(H,87,92)/b7-5-,13-11-,19-17-,25-23-,29-28-,32-31-,35-34-,38-37-,47-45+,55-53+,63-61+. The van der Waals surface area contributed by atoms with Gasteiger partial charge in [0.1, 0.15) is 73.2 Å². The molecule has 0 saturated carbocycles. The average Bonchev–Trinajstić information content (AvgIpc) is 0.779. The third-order valence-corrected chi connectivity index (χ3v) is 19.4. The van der Waals surface area contributed by atoms with Crippen LogP contribution in [0.5, 0.6) is 0 Å². The van der Waals surface area contributed by atoms with Gasteiger partial charge in [0.2, 0.25) is 5.91 Å². The molecular formula is C86H145NO18. The van der Waals surface area contributed by atoms with Gasteiger partial charge < -0.3 is 89.9 Å². The molecule has 0 aromatic rings. The Morgan fingerprint density at radius 3 is 1.07 bits per heavy atom. The normalized spacial score (nSPS) is 26.5. The lowest BCUT2D eigenvalue weighted by molar-refractivity contribution is -0.379. The van der Waals surface area contributed by atoms with Gasteiger partial charge in [-0.25, -0.2) is 0 Å². The molecule has 1 amide bonds. The Morgan fingerprint density at radius 1 is 0.352 bits per heavy atom. The number of amides is 1. The molecule has 602 valence electrons. The zero-order chi connectivity index (χ0) is 76.0. The van der Waals surface area contributed by atoms with Gasteiger partial charge in [0, 0.05) is 6.42 Å². The van der Waals surface area contributed by atoms with E-state index in [2.05, 4.69) is 141 Å². The first kappa shape index (κ1) is 95.1. The molecule has 12 N–H and O–H groups in total. The molecule has 3 aliphatic rings. The Balaban J connectivity index is 1.37. The summed E-state index contributed by atoms with van der Waals surface area (Å²) < 4.78 is 34.4. The SMILES string of the molecule is CC/C=C\C/C=C\C/C=C\C/C=C\C/C=C\C/C=C\C/C=C\C/C=C\CCCCCCCCCCCCCCC(=O)NC(COC1OC(CO)C(OC2OC(CO)C(OC3OC(CO)C(O)C(O)C3O)C(O)C2O)C(O)C1O)C(O)/C=C/CC/C=C/CC/C=C/CCCCCCCCCCCCCCC. The van der Waals surface area contributed by atoms with Gasteiger partial charge in [0.05, 0.1) is 38.6 Å². The zero-order valence-corrected chi connectivity index (χ0v) is 64.4. The van der Waals surface area contributed by atoms with E-state index in [-0.39, 0.29) is 18.9 Å². The second-order valence-electron chi connectivity index (χ2n) is 28.5. The van der Waals surface area contributed by atoms with Crippen molar-refractivity contribution in [3.8, 4) is 0 Å². The van der Waals surface area contributed by atoms with Crippen molar-refractivity contribution < 1.29 is 89.4 Å². The van der Waals surface area contributed by atoms with Crippen molar-refractivity contribution in [3.63, 3.8) is 0 Å². The first-order chi connectivity index (χ1) is 51.3. The van der Waals surface area contributed by atoms with Gasteiger partial charge in [0.25, 0.3) is 0 Å². The maximum Gasteiger partial charge on any atom is 0.220 e. The van der Waals surface area contributed by atoms with Gasteiger partial charge in [-0.3, -0.25) is 4.79 Å². The number of carbonyl (C=O) groups excluding carboxylic acids is 1. The first-order valence-electron chi connectivity index (χ1n) is 40.9. The predicted molar refractivity (Wildman–Crippen MR) is 419 cm³/mol. The van der Waals surface area contributed by atoms with Crippen LogP contribution in [0.2, 0.25) is 0 Å². The van der Waals surface area contributed by atoms with Crippen LogP contribution < -0.4 is 5.32 Å². The number of hydrogen-bond acceptors (Lipinski definition) is 18. The van der Waals surface area contributed by atoms with Crippen molar-refractivity contribution in [1.82, 2.24) is 5.32 Å². The van der Waals surface area contributed by atoms with Crippen molar-refractivity contribution in [1.29, 1.82) is 0 Å². The fraction of sp³-hybridized carbons (Fsp3) is 0.733. The van der Waals surface area contributed by atoms with E-state index in [1.807, 2.05) is 6.08 Å². The van der Waals surface area contributed by atoms with E-state index in [0.717, 1.165) is 109 Å².